The Morgan fingerprint density at radius 2 is 1.58 bits per heavy atom. The number of nitrogens with zero attached hydrogens (tertiary/aromatic N) is 2. The number of aromatic nitrogens is 1. The van der Waals surface area contributed by atoms with Crippen molar-refractivity contribution in [2.75, 3.05) is 0 Å². The molecule has 0 atom stereocenters. The second-order valence-electron chi connectivity index (χ2n) is 7.50. The van der Waals surface area contributed by atoms with Crippen LogP contribution in [0.4, 0.5) is 0 Å². The Kier molecular flexibility index (Phi) is 6.72. The first-order valence-corrected chi connectivity index (χ1v) is 11.5. The van der Waals surface area contributed by atoms with Crippen LogP contribution in [0.15, 0.2) is 84.2 Å². The molecule has 3 heteroatoms. The molecule has 3 aromatic carbocycles. The Morgan fingerprint density at radius 1 is 0.903 bits per heavy atom. The fourth-order valence-corrected chi connectivity index (χ4v) is 4.26. The Hall–Kier alpha value is -3.48. The highest BCUT2D eigenvalue weighted by atomic mass is 32.1. The normalized spacial score (nSPS) is 11.3. The van der Waals surface area contributed by atoms with E-state index < -0.39 is 0 Å². The molecule has 0 amide bonds. The monoisotopic (exact) mass is 420 g/mol. The summed E-state index contributed by atoms with van der Waals surface area (Å²) in [5.74, 6) is 0. The van der Waals surface area contributed by atoms with Crippen molar-refractivity contribution < 1.29 is 0 Å². The molecular weight excluding hydrogens is 396 g/mol. The predicted molar refractivity (Wildman–Crippen MR) is 132 cm³/mol. The first kappa shape index (κ1) is 20.8. The van der Waals surface area contributed by atoms with Gasteiger partial charge >= 0.3 is 0 Å². The second-order valence-corrected chi connectivity index (χ2v) is 8.35. The van der Waals surface area contributed by atoms with E-state index in [1.807, 2.05) is 41.8 Å². The van der Waals surface area contributed by atoms with Crippen molar-refractivity contribution in [1.82, 2.24) is 4.98 Å². The lowest BCUT2D eigenvalue weighted by Gasteiger charge is -2.02. The highest BCUT2D eigenvalue weighted by molar-refractivity contribution is 7.11. The minimum atomic E-state index is 0.586. The van der Waals surface area contributed by atoms with E-state index in [0.29, 0.717) is 5.57 Å². The number of rotatable bonds is 7. The molecule has 0 saturated carbocycles. The number of hydrogen-bond donors (Lipinski definition) is 0. The zero-order chi connectivity index (χ0) is 21.5. The summed E-state index contributed by atoms with van der Waals surface area (Å²) in [6, 6.07) is 29.5. The molecule has 0 aliphatic heterocycles. The number of aryl methyl sites for hydroxylation is 1. The van der Waals surface area contributed by atoms with Gasteiger partial charge in [0.2, 0.25) is 0 Å². The zero-order valence-electron chi connectivity index (χ0n) is 17.6. The summed E-state index contributed by atoms with van der Waals surface area (Å²) in [7, 11) is 0. The van der Waals surface area contributed by atoms with Crippen molar-refractivity contribution in [2.24, 2.45) is 0 Å². The molecule has 0 saturated heterocycles. The number of hydrogen-bond acceptors (Lipinski definition) is 3. The molecule has 0 spiro atoms. The van der Waals surface area contributed by atoms with Crippen LogP contribution in [-0.4, -0.2) is 4.98 Å². The fraction of sp³-hybridized carbons (Fsp3) is 0.143. The van der Waals surface area contributed by atoms with Crippen molar-refractivity contribution in [3.05, 3.63) is 100 Å². The highest BCUT2D eigenvalue weighted by Crippen LogP contribution is 2.28. The smallest absolute Gasteiger partial charge is 0.134 e. The van der Waals surface area contributed by atoms with Gasteiger partial charge in [-0.2, -0.15) is 5.26 Å². The van der Waals surface area contributed by atoms with E-state index in [1.54, 1.807) is 0 Å². The molecule has 152 valence electrons. The molecule has 0 aliphatic carbocycles. The molecule has 2 nitrogen and oxygen atoms in total. The van der Waals surface area contributed by atoms with Crippen LogP contribution in [0, 0.1) is 11.3 Å². The first-order valence-electron chi connectivity index (χ1n) is 10.6. The van der Waals surface area contributed by atoms with E-state index in [4.69, 9.17) is 4.98 Å². The van der Waals surface area contributed by atoms with Gasteiger partial charge in [0.15, 0.2) is 0 Å². The molecule has 31 heavy (non-hydrogen) atoms. The third-order valence-electron chi connectivity index (χ3n) is 5.25. The van der Waals surface area contributed by atoms with E-state index in [2.05, 4.69) is 61.5 Å². The lowest BCUT2D eigenvalue weighted by molar-refractivity contribution is 0.795. The van der Waals surface area contributed by atoms with Crippen LogP contribution >= 0.6 is 11.3 Å². The number of benzene rings is 3. The average Bonchev–Trinajstić information content (AvgIpc) is 3.32. The van der Waals surface area contributed by atoms with Crippen molar-refractivity contribution in [2.45, 2.75) is 26.2 Å². The van der Waals surface area contributed by atoms with E-state index in [1.165, 1.54) is 35.3 Å². The summed E-state index contributed by atoms with van der Waals surface area (Å²) in [5.41, 5.74) is 7.29. The van der Waals surface area contributed by atoms with Gasteiger partial charge in [0, 0.05) is 10.9 Å². The van der Waals surface area contributed by atoms with E-state index in [0.717, 1.165) is 33.8 Å². The summed E-state index contributed by atoms with van der Waals surface area (Å²) < 4.78 is 0. The van der Waals surface area contributed by atoms with Gasteiger partial charge in [-0.15, -0.1) is 11.3 Å². The largest absolute Gasteiger partial charge is 0.235 e. The maximum atomic E-state index is 9.72. The summed E-state index contributed by atoms with van der Waals surface area (Å²) in [6.45, 7) is 2.21. The second kappa shape index (κ2) is 10.0. The van der Waals surface area contributed by atoms with Crippen LogP contribution < -0.4 is 0 Å². The number of thiazole rings is 1. The third-order valence-corrected chi connectivity index (χ3v) is 6.13. The molecule has 4 aromatic rings. The molecule has 0 aliphatic rings. The molecule has 0 fully saturated rings. The van der Waals surface area contributed by atoms with Gasteiger partial charge in [-0.25, -0.2) is 4.98 Å². The predicted octanol–water partition coefficient (Wildman–Crippen LogP) is 7.88. The van der Waals surface area contributed by atoms with Gasteiger partial charge in [0.05, 0.1) is 11.3 Å². The molecule has 0 unspecified atom stereocenters. The lowest BCUT2D eigenvalue weighted by Crippen LogP contribution is -1.86. The maximum Gasteiger partial charge on any atom is 0.134 e. The van der Waals surface area contributed by atoms with Crippen LogP contribution in [0.25, 0.3) is 34.0 Å². The van der Waals surface area contributed by atoms with Gasteiger partial charge < -0.3 is 0 Å². The van der Waals surface area contributed by atoms with E-state index in [9.17, 15) is 5.26 Å². The molecule has 1 heterocycles. The lowest BCUT2D eigenvalue weighted by atomic mass is 10.0. The number of nitriles is 1. The topological polar surface area (TPSA) is 36.7 Å². The Labute approximate surface area is 188 Å². The average molecular weight is 421 g/mol. The Balaban J connectivity index is 1.53. The molecule has 0 N–H and O–H groups in total. The quantitative estimate of drug-likeness (QED) is 0.285. The van der Waals surface area contributed by atoms with Crippen LogP contribution in [0.2, 0.25) is 0 Å². The molecule has 1 aromatic heterocycles. The zero-order valence-corrected chi connectivity index (χ0v) is 18.4. The minimum Gasteiger partial charge on any atom is -0.235 e. The molecular formula is C28H24N2S. The van der Waals surface area contributed by atoms with Crippen LogP contribution in [0.3, 0.4) is 0 Å². The minimum absolute atomic E-state index is 0.586. The van der Waals surface area contributed by atoms with E-state index >= 15 is 0 Å². The standard InChI is InChI=1S/C28H24N2S/c1-2-3-7-21-10-16-25(17-11-21)27-20-31-28(30-27)26(19-29)18-22-12-14-24(15-13-22)23-8-5-4-6-9-23/h4-6,8-18,20H,2-3,7H2,1H3. The van der Waals surface area contributed by atoms with Crippen molar-refractivity contribution in [1.29, 1.82) is 5.26 Å². The number of allylic oxidation sites excluding steroid dienone is 1. The fourth-order valence-electron chi connectivity index (χ4n) is 3.46. The van der Waals surface area contributed by atoms with Gasteiger partial charge in [-0.1, -0.05) is 92.2 Å². The first-order chi connectivity index (χ1) is 15.3. The van der Waals surface area contributed by atoms with Gasteiger partial charge in [0.1, 0.15) is 11.1 Å². The number of unbranched alkanes of at least 4 members (excludes halogenated alkanes) is 1. The van der Waals surface area contributed by atoms with Crippen LogP contribution in [0.1, 0.15) is 35.9 Å². The van der Waals surface area contributed by atoms with Crippen molar-refractivity contribution in [3.8, 4) is 28.5 Å². The highest BCUT2D eigenvalue weighted by Gasteiger charge is 2.09. The van der Waals surface area contributed by atoms with Crippen molar-refractivity contribution in [3.63, 3.8) is 0 Å². The van der Waals surface area contributed by atoms with Gasteiger partial charge in [-0.05, 0) is 41.2 Å². The van der Waals surface area contributed by atoms with E-state index in [-0.39, 0.29) is 0 Å². The van der Waals surface area contributed by atoms with Gasteiger partial charge in [0.25, 0.3) is 0 Å². The molecule has 4 rings (SSSR count). The summed E-state index contributed by atoms with van der Waals surface area (Å²) >= 11 is 1.51. The summed E-state index contributed by atoms with van der Waals surface area (Å²) in [4.78, 5) is 4.73. The summed E-state index contributed by atoms with van der Waals surface area (Å²) in [5, 5.41) is 12.5. The molecule has 0 radical (unpaired) electrons. The molecule has 0 bridgehead atoms. The van der Waals surface area contributed by atoms with Gasteiger partial charge in [-0.3, -0.25) is 0 Å². The van der Waals surface area contributed by atoms with Crippen LogP contribution in [0.5, 0.6) is 0 Å². The Bertz CT molecular complexity index is 1190. The maximum absolute atomic E-state index is 9.72. The SMILES string of the molecule is CCCCc1ccc(-c2csc(C(C#N)=Cc3ccc(-c4ccccc4)cc3)n2)cc1. The third kappa shape index (κ3) is 5.17. The Morgan fingerprint density at radius 3 is 2.26 bits per heavy atom. The summed E-state index contributed by atoms with van der Waals surface area (Å²) in [6.07, 6.45) is 5.44. The van der Waals surface area contributed by atoms with Crippen molar-refractivity contribution >= 4 is 23.0 Å². The van der Waals surface area contributed by atoms with Crippen LogP contribution in [-0.2, 0) is 6.42 Å².